The molecule has 5 nitrogen and oxygen atoms in total. The Morgan fingerprint density at radius 1 is 1.23 bits per heavy atom. The van der Waals surface area contributed by atoms with Gasteiger partial charge in [0.2, 0.25) is 0 Å². The van der Waals surface area contributed by atoms with Crippen LogP contribution in [0.1, 0.15) is 45.8 Å². The Labute approximate surface area is 183 Å². The number of hydrogen-bond acceptors (Lipinski definition) is 4. The molecule has 0 radical (unpaired) electrons. The number of carbonyl (C=O) groups is 1. The van der Waals surface area contributed by atoms with Gasteiger partial charge in [-0.2, -0.15) is 0 Å². The predicted molar refractivity (Wildman–Crippen MR) is 126 cm³/mol. The van der Waals surface area contributed by atoms with Gasteiger partial charge in [-0.15, -0.1) is 0 Å². The molecule has 0 unspecified atom stereocenters. The van der Waals surface area contributed by atoms with Crippen LogP contribution in [0, 0.1) is 0 Å². The van der Waals surface area contributed by atoms with Gasteiger partial charge in [-0.25, -0.2) is 4.79 Å². The summed E-state index contributed by atoms with van der Waals surface area (Å²) >= 11 is 0. The van der Waals surface area contributed by atoms with Gasteiger partial charge in [-0.3, -0.25) is 4.98 Å². The highest BCUT2D eigenvalue weighted by atomic mass is 16.4. The maximum Gasteiger partial charge on any atom is 0.337 e. The zero-order chi connectivity index (χ0) is 21.8. The number of aromatic carboxylic acids is 1. The van der Waals surface area contributed by atoms with E-state index in [1.54, 1.807) is 6.20 Å². The maximum absolute atomic E-state index is 11.4. The van der Waals surface area contributed by atoms with Crippen molar-refractivity contribution in [2.75, 3.05) is 23.8 Å². The minimum Gasteiger partial charge on any atom is -0.478 e. The fourth-order valence-corrected chi connectivity index (χ4v) is 4.26. The largest absolute Gasteiger partial charge is 0.478 e. The van der Waals surface area contributed by atoms with Crippen LogP contribution in [0.2, 0.25) is 0 Å². The van der Waals surface area contributed by atoms with E-state index in [1.165, 1.54) is 29.1 Å². The summed E-state index contributed by atoms with van der Waals surface area (Å²) in [6.07, 6.45) is 8.22. The Bertz CT molecular complexity index is 1090. The number of aromatic nitrogens is 1. The number of nitrogens with zero attached hydrogens (tertiary/aromatic N) is 2. The summed E-state index contributed by atoms with van der Waals surface area (Å²) in [4.78, 5) is 17.7. The summed E-state index contributed by atoms with van der Waals surface area (Å²) in [5, 5.41) is 12.7. The van der Waals surface area contributed by atoms with E-state index in [1.807, 2.05) is 6.08 Å². The third-order valence-corrected chi connectivity index (χ3v) is 6.06. The summed E-state index contributed by atoms with van der Waals surface area (Å²) in [7, 11) is 2.09. The van der Waals surface area contributed by atoms with Crippen LogP contribution in [0.4, 0.5) is 17.1 Å². The van der Waals surface area contributed by atoms with E-state index in [-0.39, 0.29) is 5.56 Å². The molecule has 158 valence electrons. The molecule has 1 heterocycles. The lowest BCUT2D eigenvalue weighted by Gasteiger charge is -2.28. The second-order valence-corrected chi connectivity index (χ2v) is 7.93. The van der Waals surface area contributed by atoms with Gasteiger partial charge >= 0.3 is 5.97 Å². The normalized spacial score (nSPS) is 15.1. The van der Waals surface area contributed by atoms with E-state index >= 15 is 0 Å². The summed E-state index contributed by atoms with van der Waals surface area (Å²) < 4.78 is 0. The van der Waals surface area contributed by atoms with E-state index in [2.05, 4.69) is 71.3 Å². The number of nitrogens with one attached hydrogen (secondary N) is 1. The number of rotatable bonds is 7. The van der Waals surface area contributed by atoms with Crippen molar-refractivity contribution in [1.29, 1.82) is 0 Å². The quantitative estimate of drug-likeness (QED) is 0.518. The Balaban J connectivity index is 1.52. The van der Waals surface area contributed by atoms with Gasteiger partial charge in [-0.05, 0) is 66.3 Å². The maximum atomic E-state index is 11.4. The number of pyridine rings is 1. The molecule has 4 rings (SSSR count). The van der Waals surface area contributed by atoms with Crippen LogP contribution >= 0.6 is 0 Å². The molecule has 1 aliphatic carbocycles. The number of carboxylic acids is 1. The van der Waals surface area contributed by atoms with Crippen LogP contribution in [0.3, 0.4) is 0 Å². The first kappa shape index (κ1) is 20.7. The molecule has 0 saturated carbocycles. The lowest BCUT2D eigenvalue weighted by Crippen LogP contribution is -2.20. The number of fused-ring (bicyclic) bond motifs is 1. The van der Waals surface area contributed by atoms with Crippen LogP contribution < -0.4 is 10.2 Å². The number of carboxylic acid groups (broad SMARTS) is 1. The Morgan fingerprint density at radius 2 is 2.00 bits per heavy atom. The monoisotopic (exact) mass is 413 g/mol. The number of aryl methyl sites for hydroxylation is 1. The fourth-order valence-electron chi connectivity index (χ4n) is 4.26. The van der Waals surface area contributed by atoms with Crippen molar-refractivity contribution in [3.05, 3.63) is 89.8 Å². The summed E-state index contributed by atoms with van der Waals surface area (Å²) in [5.41, 5.74) is 6.95. The highest BCUT2D eigenvalue weighted by molar-refractivity contribution is 5.93. The number of benzene rings is 2. The standard InChI is InChI=1S/C26H27N3O2/c1-3-18-7-9-21(10-8-18)29(2)22-11-12-23-19(15-22)5-4-6-20(23)16-28-25-17-27-14-13-24(25)26(30)31/h3,7-15,17,20,28H,1,4-6,16H2,2H3,(H,30,31)/t20-/m0/s1. The average Bonchev–Trinajstić information content (AvgIpc) is 2.82. The smallest absolute Gasteiger partial charge is 0.337 e. The molecule has 0 fully saturated rings. The van der Waals surface area contributed by atoms with Crippen LogP contribution in [-0.4, -0.2) is 29.7 Å². The lowest BCUT2D eigenvalue weighted by atomic mass is 9.82. The molecular formula is C26H27N3O2. The number of anilines is 3. The van der Waals surface area contributed by atoms with Gasteiger partial charge in [-0.1, -0.05) is 30.9 Å². The number of hydrogen-bond donors (Lipinski definition) is 2. The van der Waals surface area contributed by atoms with Gasteiger partial charge in [0.15, 0.2) is 0 Å². The average molecular weight is 414 g/mol. The van der Waals surface area contributed by atoms with Crippen molar-refractivity contribution in [3.8, 4) is 0 Å². The highest BCUT2D eigenvalue weighted by Gasteiger charge is 2.22. The molecule has 1 aromatic heterocycles. The van der Waals surface area contributed by atoms with Gasteiger partial charge < -0.3 is 15.3 Å². The first-order valence-corrected chi connectivity index (χ1v) is 10.6. The molecule has 0 aliphatic heterocycles. The van der Waals surface area contributed by atoms with Crippen molar-refractivity contribution < 1.29 is 9.90 Å². The summed E-state index contributed by atoms with van der Waals surface area (Å²) in [6.45, 7) is 4.51. The molecule has 3 aromatic rings. The van der Waals surface area contributed by atoms with Gasteiger partial charge in [0.25, 0.3) is 0 Å². The first-order chi connectivity index (χ1) is 15.1. The molecule has 2 N–H and O–H groups in total. The zero-order valence-corrected chi connectivity index (χ0v) is 17.7. The molecule has 31 heavy (non-hydrogen) atoms. The first-order valence-electron chi connectivity index (χ1n) is 10.6. The molecule has 5 heteroatoms. The van der Waals surface area contributed by atoms with Crippen LogP contribution in [0.5, 0.6) is 0 Å². The van der Waals surface area contributed by atoms with Gasteiger partial charge in [0.1, 0.15) is 0 Å². The molecular weight excluding hydrogens is 386 g/mol. The van der Waals surface area contributed by atoms with E-state index < -0.39 is 5.97 Å². The lowest BCUT2D eigenvalue weighted by molar-refractivity contribution is 0.0698. The van der Waals surface area contributed by atoms with E-state index in [4.69, 9.17) is 0 Å². The zero-order valence-electron chi connectivity index (χ0n) is 17.7. The summed E-state index contributed by atoms with van der Waals surface area (Å²) in [6, 6.07) is 16.6. The van der Waals surface area contributed by atoms with Crippen molar-refractivity contribution in [2.45, 2.75) is 25.2 Å². The van der Waals surface area contributed by atoms with E-state index in [0.29, 0.717) is 18.2 Å². The minimum absolute atomic E-state index is 0.255. The van der Waals surface area contributed by atoms with E-state index in [0.717, 1.165) is 30.5 Å². The summed E-state index contributed by atoms with van der Waals surface area (Å²) in [5.74, 6) is -0.598. The van der Waals surface area contributed by atoms with Crippen LogP contribution in [0.25, 0.3) is 6.08 Å². The Morgan fingerprint density at radius 3 is 2.74 bits per heavy atom. The molecule has 2 aromatic carbocycles. The predicted octanol–water partition coefficient (Wildman–Crippen LogP) is 5.72. The highest BCUT2D eigenvalue weighted by Crippen LogP contribution is 2.35. The second kappa shape index (κ2) is 9.04. The Kier molecular flexibility index (Phi) is 6.03. The topological polar surface area (TPSA) is 65.5 Å². The minimum atomic E-state index is -0.942. The molecule has 0 bridgehead atoms. The molecule has 0 spiro atoms. The fraction of sp³-hybridized carbons (Fsp3) is 0.231. The second-order valence-electron chi connectivity index (χ2n) is 7.93. The van der Waals surface area contributed by atoms with Crippen LogP contribution in [-0.2, 0) is 6.42 Å². The molecule has 1 atom stereocenters. The van der Waals surface area contributed by atoms with E-state index in [9.17, 15) is 9.90 Å². The van der Waals surface area contributed by atoms with Gasteiger partial charge in [0.05, 0.1) is 17.4 Å². The Hall–Kier alpha value is -3.60. The SMILES string of the molecule is C=Cc1ccc(N(C)c2ccc3c(c2)CCC[C@H]3CNc2cnccc2C(=O)O)cc1. The van der Waals surface area contributed by atoms with Crippen LogP contribution in [0.15, 0.2) is 67.5 Å². The van der Waals surface area contributed by atoms with Gasteiger partial charge in [0, 0.05) is 37.1 Å². The molecule has 0 amide bonds. The molecule has 0 saturated heterocycles. The molecule has 1 aliphatic rings. The van der Waals surface area contributed by atoms with Crippen molar-refractivity contribution in [1.82, 2.24) is 4.98 Å². The van der Waals surface area contributed by atoms with Crippen molar-refractivity contribution in [2.24, 2.45) is 0 Å². The van der Waals surface area contributed by atoms with Crippen molar-refractivity contribution >= 4 is 29.1 Å². The third-order valence-electron chi connectivity index (χ3n) is 6.06. The third kappa shape index (κ3) is 4.45. The van der Waals surface area contributed by atoms with Crippen molar-refractivity contribution in [3.63, 3.8) is 0 Å².